The third-order valence-corrected chi connectivity index (χ3v) is 7.16. The number of thioether (sulfide) groups is 1. The molecular weight excluding hydrogens is 424 g/mol. The number of hydrogen-bond acceptors (Lipinski definition) is 4. The highest BCUT2D eigenvalue weighted by Crippen LogP contribution is 2.48. The maximum Gasteiger partial charge on any atom is 0.244 e. The lowest BCUT2D eigenvalue weighted by Gasteiger charge is -2.32. The van der Waals surface area contributed by atoms with E-state index in [0.717, 1.165) is 38.2 Å². The van der Waals surface area contributed by atoms with Crippen molar-refractivity contribution in [3.63, 3.8) is 0 Å². The van der Waals surface area contributed by atoms with Gasteiger partial charge in [-0.05, 0) is 61.9 Å². The van der Waals surface area contributed by atoms with E-state index in [-0.39, 0.29) is 17.1 Å². The van der Waals surface area contributed by atoms with E-state index < -0.39 is 0 Å². The van der Waals surface area contributed by atoms with Crippen LogP contribution in [0.4, 0.5) is 17.1 Å². The number of carbonyl (C=O) groups excluding carboxylic acids is 2. The van der Waals surface area contributed by atoms with Crippen LogP contribution in [0, 0.1) is 0 Å². The van der Waals surface area contributed by atoms with Crippen LogP contribution >= 0.6 is 23.5 Å². The Morgan fingerprint density at radius 3 is 2.10 bits per heavy atom. The number of nitrogens with zero attached hydrogens (tertiary/aromatic N) is 1. The SMILES string of the molecule is CCCC(=O)Nc1ccc(SC(C)C(=O)N2c3ccccc3Sc3ccccc32)cc1. The first-order valence-corrected chi connectivity index (χ1v) is 12.0. The molecule has 6 heteroatoms. The third-order valence-electron chi connectivity index (χ3n) is 4.93. The smallest absolute Gasteiger partial charge is 0.244 e. The number of para-hydroxylation sites is 2. The molecule has 1 atom stereocenters. The molecule has 1 aliphatic rings. The molecular formula is C25H24N2O2S2. The highest BCUT2D eigenvalue weighted by molar-refractivity contribution is 8.00. The number of nitrogens with one attached hydrogen (secondary N) is 1. The zero-order chi connectivity index (χ0) is 21.8. The van der Waals surface area contributed by atoms with Crippen molar-refractivity contribution in [3.05, 3.63) is 72.8 Å². The Kier molecular flexibility index (Phi) is 6.68. The van der Waals surface area contributed by atoms with E-state index in [1.54, 1.807) is 11.8 Å². The van der Waals surface area contributed by atoms with E-state index in [1.807, 2.05) is 79.4 Å². The average Bonchev–Trinajstić information content (AvgIpc) is 2.78. The van der Waals surface area contributed by atoms with Crippen LogP contribution in [0.2, 0.25) is 0 Å². The fourth-order valence-corrected chi connectivity index (χ4v) is 5.41. The topological polar surface area (TPSA) is 49.4 Å². The number of rotatable bonds is 6. The molecule has 0 saturated heterocycles. The Morgan fingerprint density at radius 1 is 0.935 bits per heavy atom. The van der Waals surface area contributed by atoms with Crippen LogP contribution in [0.5, 0.6) is 0 Å². The van der Waals surface area contributed by atoms with Crippen molar-refractivity contribution in [2.24, 2.45) is 0 Å². The van der Waals surface area contributed by atoms with Gasteiger partial charge < -0.3 is 5.32 Å². The minimum atomic E-state index is -0.273. The van der Waals surface area contributed by atoms with E-state index >= 15 is 0 Å². The van der Waals surface area contributed by atoms with Gasteiger partial charge in [-0.2, -0.15) is 0 Å². The highest BCUT2D eigenvalue weighted by atomic mass is 32.2. The van der Waals surface area contributed by atoms with Gasteiger partial charge in [-0.25, -0.2) is 0 Å². The lowest BCUT2D eigenvalue weighted by molar-refractivity contribution is -0.117. The summed E-state index contributed by atoms with van der Waals surface area (Å²) < 4.78 is 0. The maximum atomic E-state index is 13.6. The predicted octanol–water partition coefficient (Wildman–Crippen LogP) is 6.74. The second-order valence-corrected chi connectivity index (χ2v) is 9.79. The van der Waals surface area contributed by atoms with E-state index in [9.17, 15) is 9.59 Å². The molecule has 158 valence electrons. The quantitative estimate of drug-likeness (QED) is 0.425. The van der Waals surface area contributed by atoms with Crippen LogP contribution in [0.3, 0.4) is 0 Å². The molecule has 31 heavy (non-hydrogen) atoms. The predicted molar refractivity (Wildman–Crippen MR) is 129 cm³/mol. The number of anilines is 3. The first-order chi connectivity index (χ1) is 15.1. The summed E-state index contributed by atoms with van der Waals surface area (Å²) in [6.45, 7) is 3.92. The molecule has 0 radical (unpaired) electrons. The van der Waals surface area contributed by atoms with Crippen LogP contribution in [0.15, 0.2) is 87.5 Å². The van der Waals surface area contributed by atoms with Gasteiger partial charge >= 0.3 is 0 Å². The van der Waals surface area contributed by atoms with E-state index in [4.69, 9.17) is 0 Å². The zero-order valence-corrected chi connectivity index (χ0v) is 19.1. The summed E-state index contributed by atoms with van der Waals surface area (Å²) >= 11 is 3.22. The first-order valence-electron chi connectivity index (χ1n) is 10.3. The largest absolute Gasteiger partial charge is 0.326 e. The number of carbonyl (C=O) groups is 2. The summed E-state index contributed by atoms with van der Waals surface area (Å²) in [5.41, 5.74) is 2.63. The Balaban J connectivity index is 1.52. The van der Waals surface area contributed by atoms with Crippen molar-refractivity contribution in [3.8, 4) is 0 Å². The summed E-state index contributed by atoms with van der Waals surface area (Å²) in [7, 11) is 0. The van der Waals surface area contributed by atoms with Crippen molar-refractivity contribution < 1.29 is 9.59 Å². The molecule has 0 aromatic heterocycles. The van der Waals surface area contributed by atoms with Crippen LogP contribution in [0.25, 0.3) is 0 Å². The van der Waals surface area contributed by atoms with Crippen LogP contribution in [-0.2, 0) is 9.59 Å². The van der Waals surface area contributed by atoms with Crippen molar-refractivity contribution in [1.82, 2.24) is 0 Å². The lowest BCUT2D eigenvalue weighted by Crippen LogP contribution is -2.34. The third kappa shape index (κ3) is 4.81. The fraction of sp³-hybridized carbons (Fsp3) is 0.200. The molecule has 3 aromatic carbocycles. The van der Waals surface area contributed by atoms with Gasteiger partial charge in [0.1, 0.15) is 0 Å². The molecule has 0 bridgehead atoms. The zero-order valence-electron chi connectivity index (χ0n) is 17.5. The molecule has 2 amide bonds. The molecule has 0 saturated carbocycles. The number of hydrogen-bond donors (Lipinski definition) is 1. The molecule has 3 aromatic rings. The van der Waals surface area contributed by atoms with Gasteiger partial charge in [-0.3, -0.25) is 14.5 Å². The molecule has 1 aliphatic heterocycles. The summed E-state index contributed by atoms with van der Waals surface area (Å²) in [5, 5.41) is 2.62. The van der Waals surface area contributed by atoms with Crippen molar-refractivity contribution in [1.29, 1.82) is 0 Å². The molecule has 4 nitrogen and oxygen atoms in total. The standard InChI is InChI=1S/C25H24N2O2S2/c1-3-8-24(28)26-18-13-15-19(16-14-18)30-17(2)25(29)27-20-9-4-6-11-22(20)31-23-12-7-5-10-21(23)27/h4-7,9-17H,3,8H2,1-2H3,(H,26,28). The van der Waals surface area contributed by atoms with Gasteiger partial charge in [-0.1, -0.05) is 43.0 Å². The number of fused-ring (bicyclic) bond motifs is 2. The molecule has 0 aliphatic carbocycles. The highest BCUT2D eigenvalue weighted by Gasteiger charge is 2.31. The summed E-state index contributed by atoms with van der Waals surface area (Å²) in [6.07, 6.45) is 1.33. The van der Waals surface area contributed by atoms with Gasteiger partial charge in [0.05, 0.1) is 16.6 Å². The monoisotopic (exact) mass is 448 g/mol. The van der Waals surface area contributed by atoms with Gasteiger partial charge in [0.15, 0.2) is 0 Å². The van der Waals surface area contributed by atoms with Crippen molar-refractivity contribution in [2.75, 3.05) is 10.2 Å². The number of benzene rings is 3. The van der Waals surface area contributed by atoms with Gasteiger partial charge in [0.2, 0.25) is 11.8 Å². The molecule has 1 unspecified atom stereocenters. The second-order valence-electron chi connectivity index (χ2n) is 7.29. The minimum absolute atomic E-state index is 0.0201. The van der Waals surface area contributed by atoms with E-state index in [0.29, 0.717) is 6.42 Å². The minimum Gasteiger partial charge on any atom is -0.326 e. The Bertz CT molecular complexity index is 1050. The Labute approximate surface area is 191 Å². The van der Waals surface area contributed by atoms with Crippen molar-refractivity contribution >= 4 is 52.4 Å². The van der Waals surface area contributed by atoms with Crippen LogP contribution in [0.1, 0.15) is 26.7 Å². The second kappa shape index (κ2) is 9.62. The maximum absolute atomic E-state index is 13.6. The Hall–Kier alpha value is -2.70. The summed E-state index contributed by atoms with van der Waals surface area (Å²) in [4.78, 5) is 30.3. The number of amides is 2. The lowest BCUT2D eigenvalue weighted by atomic mass is 10.2. The molecule has 1 heterocycles. The normalized spacial score (nSPS) is 13.2. The van der Waals surface area contributed by atoms with Gasteiger partial charge in [-0.15, -0.1) is 11.8 Å². The van der Waals surface area contributed by atoms with E-state index in [2.05, 4.69) is 17.4 Å². The van der Waals surface area contributed by atoms with Crippen LogP contribution in [-0.4, -0.2) is 17.1 Å². The van der Waals surface area contributed by atoms with Gasteiger partial charge in [0, 0.05) is 26.8 Å². The van der Waals surface area contributed by atoms with Gasteiger partial charge in [0.25, 0.3) is 0 Å². The fourth-order valence-electron chi connectivity index (χ4n) is 3.45. The molecule has 1 N–H and O–H groups in total. The Morgan fingerprint density at radius 2 is 1.52 bits per heavy atom. The van der Waals surface area contributed by atoms with Crippen molar-refractivity contribution in [2.45, 2.75) is 46.6 Å². The molecule has 0 spiro atoms. The first kappa shape index (κ1) is 21.5. The molecule has 0 fully saturated rings. The van der Waals surface area contributed by atoms with Crippen LogP contribution < -0.4 is 10.2 Å². The van der Waals surface area contributed by atoms with E-state index in [1.165, 1.54) is 11.8 Å². The summed E-state index contributed by atoms with van der Waals surface area (Å²) in [5.74, 6) is 0.0669. The average molecular weight is 449 g/mol. The summed E-state index contributed by atoms with van der Waals surface area (Å²) in [6, 6.07) is 23.7. The molecule has 4 rings (SSSR count).